The summed E-state index contributed by atoms with van der Waals surface area (Å²) in [5.74, 6) is -0.386. The fourth-order valence-corrected chi connectivity index (χ4v) is 1.15. The van der Waals surface area contributed by atoms with Crippen LogP contribution in [0.1, 0.15) is 13.8 Å². The van der Waals surface area contributed by atoms with Crippen molar-refractivity contribution in [3.05, 3.63) is 30.1 Å². The third kappa shape index (κ3) is 5.29. The van der Waals surface area contributed by atoms with Gasteiger partial charge in [0.25, 0.3) is 5.91 Å². The molecule has 0 fully saturated rings. The fraction of sp³-hybridized carbons (Fsp3) is 0.333. The van der Waals surface area contributed by atoms with Crippen LogP contribution in [0.25, 0.3) is 0 Å². The quantitative estimate of drug-likeness (QED) is 0.497. The Morgan fingerprint density at radius 2 is 2.06 bits per heavy atom. The van der Waals surface area contributed by atoms with Crippen LogP contribution in [0.4, 0.5) is 10.1 Å². The molecule has 0 radical (unpaired) electrons. The number of oxime groups is 1. The Hall–Kier alpha value is -2.11. The second-order valence-electron chi connectivity index (χ2n) is 3.37. The van der Waals surface area contributed by atoms with E-state index in [2.05, 4.69) is 10.5 Å². The van der Waals surface area contributed by atoms with Gasteiger partial charge in [-0.2, -0.15) is 0 Å². The number of carbonyl (C=O) groups is 1. The van der Waals surface area contributed by atoms with Crippen molar-refractivity contribution in [1.29, 1.82) is 0 Å². The van der Waals surface area contributed by atoms with Crippen molar-refractivity contribution in [2.24, 2.45) is 5.16 Å². The second kappa shape index (κ2) is 7.26. The SMILES string of the molecule is CCO/C(C)=N\OCC(=O)Nc1ccc([18F])cc1. The van der Waals surface area contributed by atoms with Gasteiger partial charge in [-0.25, -0.2) is 4.39 Å². The average molecular weight is 253 g/mol. The molecule has 0 bridgehead atoms. The van der Waals surface area contributed by atoms with Crippen LogP contribution < -0.4 is 5.32 Å². The molecule has 1 aromatic carbocycles. The molecule has 0 saturated heterocycles. The van der Waals surface area contributed by atoms with Crippen molar-refractivity contribution < 1.29 is 18.8 Å². The van der Waals surface area contributed by atoms with Gasteiger partial charge in [0.1, 0.15) is 5.82 Å². The van der Waals surface area contributed by atoms with Crippen molar-refractivity contribution in [3.63, 3.8) is 0 Å². The Kier molecular flexibility index (Phi) is 5.63. The van der Waals surface area contributed by atoms with Crippen LogP contribution in [0.5, 0.6) is 0 Å². The first kappa shape index (κ1) is 14.0. The largest absolute Gasteiger partial charge is 0.479 e. The molecule has 1 amide bonds. The summed E-state index contributed by atoms with van der Waals surface area (Å²) < 4.78 is 17.6. The Labute approximate surface area is 105 Å². The number of ether oxygens (including phenoxy) is 1. The van der Waals surface area contributed by atoms with Crippen LogP contribution in [0.2, 0.25) is 0 Å². The van der Waals surface area contributed by atoms with E-state index in [1.165, 1.54) is 24.3 Å². The Bertz CT molecular complexity index is 418. The van der Waals surface area contributed by atoms with Crippen LogP contribution in [0.15, 0.2) is 29.4 Å². The Morgan fingerprint density at radius 1 is 1.39 bits per heavy atom. The minimum Gasteiger partial charge on any atom is -0.479 e. The highest BCUT2D eigenvalue weighted by Gasteiger charge is 2.03. The van der Waals surface area contributed by atoms with E-state index in [4.69, 9.17) is 9.57 Å². The summed E-state index contributed by atoms with van der Waals surface area (Å²) in [6, 6.07) is 5.44. The van der Waals surface area contributed by atoms with Gasteiger partial charge in [-0.05, 0) is 31.2 Å². The topological polar surface area (TPSA) is 59.9 Å². The number of hydrogen-bond donors (Lipinski definition) is 1. The molecule has 1 rings (SSSR count). The van der Waals surface area contributed by atoms with E-state index >= 15 is 0 Å². The van der Waals surface area contributed by atoms with Crippen molar-refractivity contribution in [3.8, 4) is 0 Å². The lowest BCUT2D eigenvalue weighted by Gasteiger charge is -2.05. The summed E-state index contributed by atoms with van der Waals surface area (Å²) in [5.41, 5.74) is 0.496. The van der Waals surface area contributed by atoms with Crippen LogP contribution in [0, 0.1) is 5.82 Å². The van der Waals surface area contributed by atoms with E-state index in [9.17, 15) is 9.18 Å². The molecule has 0 unspecified atom stereocenters. The number of halogens is 1. The van der Waals surface area contributed by atoms with Crippen LogP contribution in [-0.4, -0.2) is 25.0 Å². The highest BCUT2D eigenvalue weighted by atomic mass is 18.2. The van der Waals surface area contributed by atoms with Gasteiger partial charge in [0.2, 0.25) is 5.90 Å². The van der Waals surface area contributed by atoms with Crippen molar-refractivity contribution in [1.82, 2.24) is 0 Å². The predicted molar refractivity (Wildman–Crippen MR) is 65.7 cm³/mol. The standard InChI is InChI=1S/C12H15FN2O3/c1-3-17-9(2)15-18-8-12(16)14-11-6-4-10(13)5-7-11/h4-7H,3,8H2,1-2H3,(H,14,16)/b15-9-/i13-1. The molecule has 0 aliphatic rings. The molecule has 1 aromatic rings. The maximum absolute atomic E-state index is 12.6. The van der Waals surface area contributed by atoms with Gasteiger partial charge in [0.05, 0.1) is 6.61 Å². The molecular formula is C12H15FN2O3. The maximum atomic E-state index is 12.6. The Morgan fingerprint density at radius 3 is 2.67 bits per heavy atom. The summed E-state index contributed by atoms with van der Waals surface area (Å²) in [4.78, 5) is 16.2. The maximum Gasteiger partial charge on any atom is 0.265 e. The first-order valence-corrected chi connectivity index (χ1v) is 5.46. The smallest absolute Gasteiger partial charge is 0.265 e. The molecule has 0 aliphatic heterocycles. The number of benzene rings is 1. The molecule has 6 heteroatoms. The van der Waals surface area contributed by atoms with E-state index in [0.29, 0.717) is 18.2 Å². The van der Waals surface area contributed by atoms with Crippen LogP contribution in [-0.2, 0) is 14.4 Å². The molecule has 0 saturated carbocycles. The number of carbonyl (C=O) groups excluding carboxylic acids is 1. The lowest BCUT2D eigenvalue weighted by Crippen LogP contribution is -2.17. The molecule has 0 aromatic heterocycles. The predicted octanol–water partition coefficient (Wildman–Crippen LogP) is 2.15. The molecular weight excluding hydrogens is 238 g/mol. The van der Waals surface area contributed by atoms with E-state index in [-0.39, 0.29) is 18.3 Å². The first-order chi connectivity index (χ1) is 8.61. The van der Waals surface area contributed by atoms with Gasteiger partial charge in [-0.1, -0.05) is 5.16 Å². The number of nitrogens with zero attached hydrogens (tertiary/aromatic N) is 1. The zero-order valence-electron chi connectivity index (χ0n) is 10.3. The minimum absolute atomic E-state index is 0.234. The summed E-state index contributed by atoms with van der Waals surface area (Å²) >= 11 is 0. The van der Waals surface area contributed by atoms with E-state index in [1.54, 1.807) is 6.92 Å². The Balaban J connectivity index is 2.34. The molecule has 5 nitrogen and oxygen atoms in total. The first-order valence-electron chi connectivity index (χ1n) is 5.46. The molecule has 0 spiro atoms. The summed E-state index contributed by atoms with van der Waals surface area (Å²) in [7, 11) is 0. The fourth-order valence-electron chi connectivity index (χ4n) is 1.15. The zero-order valence-corrected chi connectivity index (χ0v) is 10.3. The normalized spacial score (nSPS) is 10.9. The highest BCUT2D eigenvalue weighted by Crippen LogP contribution is 2.07. The number of hydrogen-bond acceptors (Lipinski definition) is 4. The molecule has 18 heavy (non-hydrogen) atoms. The number of anilines is 1. The van der Waals surface area contributed by atoms with Gasteiger partial charge < -0.3 is 14.9 Å². The van der Waals surface area contributed by atoms with Gasteiger partial charge >= 0.3 is 0 Å². The van der Waals surface area contributed by atoms with Crippen molar-refractivity contribution in [2.45, 2.75) is 13.8 Å². The average Bonchev–Trinajstić information content (AvgIpc) is 2.32. The molecule has 1 N–H and O–H groups in total. The lowest BCUT2D eigenvalue weighted by molar-refractivity contribution is -0.120. The van der Waals surface area contributed by atoms with Gasteiger partial charge in [-0.3, -0.25) is 4.79 Å². The van der Waals surface area contributed by atoms with Gasteiger partial charge in [-0.15, -0.1) is 0 Å². The number of rotatable bonds is 5. The third-order valence-electron chi connectivity index (χ3n) is 1.87. The number of amides is 1. The minimum atomic E-state index is -0.380. The highest BCUT2D eigenvalue weighted by molar-refractivity contribution is 5.91. The second-order valence-corrected chi connectivity index (χ2v) is 3.37. The summed E-state index contributed by atoms with van der Waals surface area (Å²) in [6.07, 6.45) is 0. The van der Waals surface area contributed by atoms with Crippen molar-refractivity contribution >= 4 is 17.5 Å². The molecule has 0 heterocycles. The molecule has 0 aliphatic carbocycles. The summed E-state index contributed by atoms with van der Waals surface area (Å²) in [5, 5.41) is 6.12. The van der Waals surface area contributed by atoms with Gasteiger partial charge in [0.15, 0.2) is 6.61 Å². The molecule has 0 atom stereocenters. The monoisotopic (exact) mass is 253 g/mol. The van der Waals surface area contributed by atoms with E-state index < -0.39 is 0 Å². The number of nitrogens with one attached hydrogen (secondary N) is 1. The zero-order chi connectivity index (χ0) is 13.4. The third-order valence-corrected chi connectivity index (χ3v) is 1.87. The summed E-state index contributed by atoms with van der Waals surface area (Å²) in [6.45, 7) is 3.70. The van der Waals surface area contributed by atoms with Crippen LogP contribution >= 0.6 is 0 Å². The van der Waals surface area contributed by atoms with Crippen LogP contribution in [0.3, 0.4) is 0 Å². The molecule has 98 valence electrons. The van der Waals surface area contributed by atoms with Gasteiger partial charge in [0, 0.05) is 12.6 Å². The lowest BCUT2D eigenvalue weighted by atomic mass is 10.3. The van der Waals surface area contributed by atoms with E-state index in [1.807, 2.05) is 6.92 Å². The van der Waals surface area contributed by atoms with Crippen molar-refractivity contribution in [2.75, 3.05) is 18.5 Å². The van der Waals surface area contributed by atoms with E-state index in [0.717, 1.165) is 0 Å².